The van der Waals surface area contributed by atoms with E-state index in [1.54, 1.807) is 0 Å². The summed E-state index contributed by atoms with van der Waals surface area (Å²) in [5.41, 5.74) is 10.0. The lowest BCUT2D eigenvalue weighted by Crippen LogP contribution is -2.04. The van der Waals surface area contributed by atoms with E-state index in [9.17, 15) is 0 Å². The molecule has 0 saturated heterocycles. The molecular weight excluding hydrogens is 456 g/mol. The van der Waals surface area contributed by atoms with Gasteiger partial charge in [0.05, 0.1) is 11.4 Å². The molecule has 0 unspecified atom stereocenters. The van der Waals surface area contributed by atoms with E-state index < -0.39 is 0 Å². The topological polar surface area (TPSA) is 72.3 Å². The minimum atomic E-state index is 0.616. The van der Waals surface area contributed by atoms with Gasteiger partial charge in [-0.1, -0.05) is 115 Å². The Morgan fingerprint density at radius 3 is 2.16 bits per heavy atom. The lowest BCUT2D eigenvalue weighted by molar-refractivity contribution is 0.818. The van der Waals surface area contributed by atoms with Crippen molar-refractivity contribution in [3.05, 3.63) is 126 Å². The van der Waals surface area contributed by atoms with Gasteiger partial charge in [0.2, 0.25) is 0 Å². The van der Waals surface area contributed by atoms with Crippen molar-refractivity contribution in [2.45, 2.75) is 19.8 Å². The third-order valence-corrected chi connectivity index (χ3v) is 6.55. The third kappa shape index (κ3) is 4.45. The summed E-state index contributed by atoms with van der Waals surface area (Å²) >= 11 is 0. The van der Waals surface area contributed by atoms with E-state index in [1.807, 2.05) is 6.07 Å². The molecule has 0 spiro atoms. The van der Waals surface area contributed by atoms with Gasteiger partial charge in [-0.3, -0.25) is 0 Å². The van der Waals surface area contributed by atoms with Crippen LogP contribution in [-0.4, -0.2) is 30.4 Å². The average molecular weight is 483 g/mol. The molecule has 0 radical (unpaired) electrons. The molecule has 6 nitrogen and oxygen atoms in total. The summed E-state index contributed by atoms with van der Waals surface area (Å²) in [6.45, 7) is 2.20. The van der Waals surface area contributed by atoms with E-state index in [4.69, 9.17) is 5.10 Å². The molecule has 0 aliphatic heterocycles. The Kier molecular flexibility index (Phi) is 6.13. The molecule has 2 heterocycles. The van der Waals surface area contributed by atoms with Gasteiger partial charge in [-0.2, -0.15) is 10.3 Å². The Morgan fingerprint density at radius 1 is 0.730 bits per heavy atom. The first-order valence-electron chi connectivity index (χ1n) is 12.5. The molecule has 0 saturated carbocycles. The minimum Gasteiger partial charge on any atom is -0.236 e. The second kappa shape index (κ2) is 10.0. The first-order valence-corrected chi connectivity index (χ1v) is 12.5. The van der Waals surface area contributed by atoms with Crippen molar-refractivity contribution in [3.8, 4) is 39.2 Å². The number of benzene rings is 4. The fourth-order valence-corrected chi connectivity index (χ4v) is 4.88. The van der Waals surface area contributed by atoms with Crippen molar-refractivity contribution in [3.63, 3.8) is 0 Å². The fourth-order valence-electron chi connectivity index (χ4n) is 4.88. The standard InChI is InChI=1S/C31H26N6/c1-2-27-30(23-13-5-3-6-14-23)31(24-15-7-4-8-16-24)34-37(27)28-19-10-9-18-26(28)25-17-11-12-22(20-25)21-29-32-35-36-33-29/h3-20H,2,21H2,1H3,(H,32,33,35,36). The summed E-state index contributed by atoms with van der Waals surface area (Å²) < 4.78 is 2.13. The van der Waals surface area contributed by atoms with Crippen molar-refractivity contribution >= 4 is 0 Å². The van der Waals surface area contributed by atoms with Crippen molar-refractivity contribution in [1.82, 2.24) is 30.4 Å². The predicted octanol–water partition coefficient (Wildman–Crippen LogP) is 6.54. The van der Waals surface area contributed by atoms with Crippen molar-refractivity contribution in [2.75, 3.05) is 0 Å². The van der Waals surface area contributed by atoms with E-state index in [-0.39, 0.29) is 0 Å². The molecule has 6 rings (SSSR count). The van der Waals surface area contributed by atoms with E-state index in [0.29, 0.717) is 12.2 Å². The van der Waals surface area contributed by atoms with Crippen LogP contribution < -0.4 is 0 Å². The summed E-state index contributed by atoms with van der Waals surface area (Å²) in [5, 5.41) is 19.7. The summed E-state index contributed by atoms with van der Waals surface area (Å²) in [7, 11) is 0. The Morgan fingerprint density at radius 2 is 1.43 bits per heavy atom. The highest BCUT2D eigenvalue weighted by Crippen LogP contribution is 2.38. The maximum Gasteiger partial charge on any atom is 0.178 e. The number of nitrogens with zero attached hydrogens (tertiary/aromatic N) is 5. The Bertz CT molecular complexity index is 1620. The quantitative estimate of drug-likeness (QED) is 0.280. The second-order valence-corrected chi connectivity index (χ2v) is 8.89. The Hall–Kier alpha value is -4.84. The van der Waals surface area contributed by atoms with Gasteiger partial charge in [-0.05, 0) is 29.2 Å². The number of hydrogen-bond acceptors (Lipinski definition) is 4. The van der Waals surface area contributed by atoms with Crippen LogP contribution in [0.5, 0.6) is 0 Å². The molecule has 2 aromatic heterocycles. The number of rotatable bonds is 7. The summed E-state index contributed by atoms with van der Waals surface area (Å²) in [4.78, 5) is 0. The SMILES string of the molecule is CCc1c(-c2ccccc2)c(-c2ccccc2)nn1-c1ccccc1-c1cccc(Cc2nn[nH]n2)c1. The number of tetrazole rings is 1. The normalized spacial score (nSPS) is 11.1. The molecule has 4 aromatic carbocycles. The lowest BCUT2D eigenvalue weighted by Gasteiger charge is -2.14. The van der Waals surface area contributed by atoms with Gasteiger partial charge in [0.15, 0.2) is 5.82 Å². The molecule has 6 aromatic rings. The van der Waals surface area contributed by atoms with Gasteiger partial charge in [-0.15, -0.1) is 10.2 Å². The van der Waals surface area contributed by atoms with E-state index in [1.165, 1.54) is 16.8 Å². The molecule has 0 aliphatic carbocycles. The zero-order chi connectivity index (χ0) is 25.0. The number of para-hydroxylation sites is 1. The Balaban J connectivity index is 1.53. The molecular formula is C31H26N6. The smallest absolute Gasteiger partial charge is 0.178 e. The second-order valence-electron chi connectivity index (χ2n) is 8.89. The number of H-pyrrole nitrogens is 1. The molecule has 0 bridgehead atoms. The molecule has 0 amide bonds. The van der Waals surface area contributed by atoms with Crippen molar-refractivity contribution in [2.24, 2.45) is 0 Å². The minimum absolute atomic E-state index is 0.616. The summed E-state index contributed by atoms with van der Waals surface area (Å²) in [6, 6.07) is 38.0. The van der Waals surface area contributed by atoms with Crippen LogP contribution in [0.2, 0.25) is 0 Å². The van der Waals surface area contributed by atoms with Crippen LogP contribution in [0.4, 0.5) is 0 Å². The van der Waals surface area contributed by atoms with Gasteiger partial charge in [-0.25, -0.2) is 4.68 Å². The van der Waals surface area contributed by atoms with Crippen LogP contribution in [0.3, 0.4) is 0 Å². The first kappa shape index (κ1) is 22.6. The van der Waals surface area contributed by atoms with Gasteiger partial charge in [0.1, 0.15) is 5.69 Å². The monoisotopic (exact) mass is 482 g/mol. The van der Waals surface area contributed by atoms with Gasteiger partial charge >= 0.3 is 0 Å². The van der Waals surface area contributed by atoms with E-state index in [0.717, 1.165) is 40.1 Å². The molecule has 6 heteroatoms. The lowest BCUT2D eigenvalue weighted by atomic mass is 9.97. The van der Waals surface area contributed by atoms with Gasteiger partial charge < -0.3 is 0 Å². The van der Waals surface area contributed by atoms with Crippen LogP contribution in [0.1, 0.15) is 24.0 Å². The van der Waals surface area contributed by atoms with Gasteiger partial charge in [0, 0.05) is 23.1 Å². The highest BCUT2D eigenvalue weighted by molar-refractivity contribution is 5.84. The van der Waals surface area contributed by atoms with Crippen molar-refractivity contribution < 1.29 is 0 Å². The Labute approximate surface area is 215 Å². The predicted molar refractivity (Wildman–Crippen MR) is 146 cm³/mol. The summed E-state index contributed by atoms with van der Waals surface area (Å²) in [5.74, 6) is 0.672. The largest absolute Gasteiger partial charge is 0.236 e. The van der Waals surface area contributed by atoms with Crippen LogP contribution in [-0.2, 0) is 12.8 Å². The maximum atomic E-state index is 5.25. The van der Waals surface area contributed by atoms with Gasteiger partial charge in [0.25, 0.3) is 0 Å². The summed E-state index contributed by atoms with van der Waals surface area (Å²) in [6.07, 6.45) is 1.46. The van der Waals surface area contributed by atoms with E-state index in [2.05, 4.69) is 135 Å². The molecule has 0 atom stereocenters. The maximum absolute atomic E-state index is 5.25. The average Bonchev–Trinajstić information content (AvgIpc) is 3.62. The molecule has 0 aliphatic rings. The number of aromatic nitrogens is 6. The third-order valence-electron chi connectivity index (χ3n) is 6.55. The zero-order valence-corrected chi connectivity index (χ0v) is 20.5. The highest BCUT2D eigenvalue weighted by atomic mass is 15.5. The fraction of sp³-hybridized carbons (Fsp3) is 0.0968. The number of nitrogens with one attached hydrogen (secondary N) is 1. The number of hydrogen-bond donors (Lipinski definition) is 1. The van der Waals surface area contributed by atoms with Crippen LogP contribution >= 0.6 is 0 Å². The van der Waals surface area contributed by atoms with Crippen molar-refractivity contribution in [1.29, 1.82) is 0 Å². The van der Waals surface area contributed by atoms with Crippen LogP contribution in [0.25, 0.3) is 39.2 Å². The first-order chi connectivity index (χ1) is 18.3. The molecule has 180 valence electrons. The zero-order valence-electron chi connectivity index (χ0n) is 20.5. The van der Waals surface area contributed by atoms with E-state index >= 15 is 0 Å². The molecule has 1 N–H and O–H groups in total. The van der Waals surface area contributed by atoms with Crippen LogP contribution in [0.15, 0.2) is 109 Å². The van der Waals surface area contributed by atoms with Crippen LogP contribution in [0, 0.1) is 0 Å². The number of aromatic amines is 1. The highest BCUT2D eigenvalue weighted by Gasteiger charge is 2.22. The molecule has 37 heavy (non-hydrogen) atoms. The molecule has 0 fully saturated rings.